The van der Waals surface area contributed by atoms with Crippen molar-refractivity contribution in [1.82, 2.24) is 0 Å². The number of alkyl halides is 1. The summed E-state index contributed by atoms with van der Waals surface area (Å²) >= 11 is 6.13. The van der Waals surface area contributed by atoms with E-state index in [-0.39, 0.29) is 0 Å². The molecule has 66 valence electrons. The molecule has 0 bridgehead atoms. The van der Waals surface area contributed by atoms with Crippen LogP contribution in [0.5, 0.6) is 0 Å². The summed E-state index contributed by atoms with van der Waals surface area (Å²) in [5, 5.41) is 8.89. The lowest BCUT2D eigenvalue weighted by Crippen LogP contribution is -2.27. The van der Waals surface area contributed by atoms with Crippen LogP contribution in [0, 0.1) is 11.3 Å². The lowest BCUT2D eigenvalue weighted by atomic mass is 9.84. The van der Waals surface area contributed by atoms with E-state index >= 15 is 0 Å². The molecule has 13 heavy (non-hydrogen) atoms. The lowest BCUT2D eigenvalue weighted by molar-refractivity contribution is 0.599. The van der Waals surface area contributed by atoms with Gasteiger partial charge in [-0.05, 0) is 24.0 Å². The maximum atomic E-state index is 8.89. The Balaban J connectivity index is 2.36. The Bertz CT molecular complexity index is 367. The number of halogens is 1. The van der Waals surface area contributed by atoms with E-state index in [4.69, 9.17) is 16.9 Å². The van der Waals surface area contributed by atoms with Crippen molar-refractivity contribution in [3.05, 3.63) is 35.4 Å². The van der Waals surface area contributed by atoms with E-state index in [0.29, 0.717) is 6.42 Å². The highest BCUT2D eigenvalue weighted by molar-refractivity contribution is 6.26. The van der Waals surface area contributed by atoms with Crippen molar-refractivity contribution in [3.63, 3.8) is 0 Å². The van der Waals surface area contributed by atoms with Crippen molar-refractivity contribution in [1.29, 1.82) is 5.26 Å². The summed E-state index contributed by atoms with van der Waals surface area (Å²) in [6.45, 7) is 0. The molecule has 0 fully saturated rings. The van der Waals surface area contributed by atoms with Crippen molar-refractivity contribution >= 4 is 11.6 Å². The normalized spacial score (nSPS) is 26.2. The van der Waals surface area contributed by atoms with Crippen LogP contribution in [0.4, 0.5) is 0 Å². The fourth-order valence-electron chi connectivity index (χ4n) is 1.79. The van der Waals surface area contributed by atoms with Crippen molar-refractivity contribution in [2.75, 3.05) is 0 Å². The third kappa shape index (κ3) is 1.55. The Kier molecular flexibility index (Phi) is 2.01. The number of fused-ring (bicyclic) bond motifs is 1. The van der Waals surface area contributed by atoms with E-state index in [1.54, 1.807) is 0 Å². The van der Waals surface area contributed by atoms with Gasteiger partial charge in [0.2, 0.25) is 0 Å². The molecule has 0 saturated carbocycles. The molecule has 0 amide bonds. The Labute approximate surface area is 82.9 Å². The van der Waals surface area contributed by atoms with Gasteiger partial charge in [0, 0.05) is 6.42 Å². The zero-order valence-corrected chi connectivity index (χ0v) is 8.01. The molecule has 1 aliphatic rings. The highest BCUT2D eigenvalue weighted by Crippen LogP contribution is 2.32. The second-order valence-corrected chi connectivity index (χ2v) is 4.25. The monoisotopic (exact) mass is 191 g/mol. The molecule has 2 heteroatoms. The first-order valence-corrected chi connectivity index (χ1v) is 4.78. The van der Waals surface area contributed by atoms with Gasteiger partial charge in [-0.1, -0.05) is 24.3 Å². The number of nitrogens with zero attached hydrogens (tertiary/aromatic N) is 1. The smallest absolute Gasteiger partial charge is 0.135 e. The molecule has 2 rings (SSSR count). The molecule has 1 unspecified atom stereocenters. The number of aryl methyl sites for hydroxylation is 1. The second kappa shape index (κ2) is 3.05. The molecular formula is C11H10ClN. The van der Waals surface area contributed by atoms with Gasteiger partial charge in [-0.25, -0.2) is 0 Å². The van der Waals surface area contributed by atoms with Gasteiger partial charge < -0.3 is 0 Å². The second-order valence-electron chi connectivity index (χ2n) is 3.52. The number of hydrogen-bond donors (Lipinski definition) is 0. The summed E-state index contributed by atoms with van der Waals surface area (Å²) in [6.07, 6.45) is 2.37. The molecule has 0 saturated heterocycles. The minimum Gasteiger partial charge on any atom is -0.196 e. The maximum Gasteiger partial charge on any atom is 0.135 e. The van der Waals surface area contributed by atoms with Gasteiger partial charge in [0.15, 0.2) is 0 Å². The molecule has 1 aromatic carbocycles. The van der Waals surface area contributed by atoms with Crippen LogP contribution in [0.3, 0.4) is 0 Å². The summed E-state index contributed by atoms with van der Waals surface area (Å²) < 4.78 is 0. The number of hydrogen-bond acceptors (Lipinski definition) is 1. The summed E-state index contributed by atoms with van der Waals surface area (Å²) in [5.41, 5.74) is 2.57. The van der Waals surface area contributed by atoms with Crippen molar-refractivity contribution in [3.8, 4) is 6.07 Å². The Morgan fingerprint density at radius 3 is 2.69 bits per heavy atom. The van der Waals surface area contributed by atoms with Gasteiger partial charge in [-0.2, -0.15) is 5.26 Å². The fourth-order valence-corrected chi connectivity index (χ4v) is 2.03. The standard InChI is InChI=1S/C11H10ClN/c12-11(8-13)6-5-9-3-1-2-4-10(9)7-11/h1-4H,5-7H2. The van der Waals surface area contributed by atoms with Crippen LogP contribution >= 0.6 is 11.6 Å². The van der Waals surface area contributed by atoms with E-state index in [1.807, 2.05) is 12.1 Å². The highest BCUT2D eigenvalue weighted by atomic mass is 35.5. The van der Waals surface area contributed by atoms with Gasteiger partial charge >= 0.3 is 0 Å². The first-order valence-electron chi connectivity index (χ1n) is 4.40. The average molecular weight is 192 g/mol. The summed E-state index contributed by atoms with van der Waals surface area (Å²) in [4.78, 5) is -0.658. The Hall–Kier alpha value is -1.00. The zero-order chi connectivity index (χ0) is 9.31. The topological polar surface area (TPSA) is 23.8 Å². The molecule has 0 aliphatic heterocycles. The van der Waals surface area contributed by atoms with Crippen LogP contribution in [-0.4, -0.2) is 4.87 Å². The van der Waals surface area contributed by atoms with Crippen molar-refractivity contribution in [2.45, 2.75) is 24.1 Å². The Morgan fingerprint density at radius 2 is 2.00 bits per heavy atom. The van der Waals surface area contributed by atoms with Crippen molar-refractivity contribution in [2.24, 2.45) is 0 Å². The SMILES string of the molecule is N#CC1(Cl)CCc2ccccc2C1. The number of rotatable bonds is 0. The molecule has 1 nitrogen and oxygen atoms in total. The van der Waals surface area contributed by atoms with Gasteiger partial charge in [-0.3, -0.25) is 0 Å². The highest BCUT2D eigenvalue weighted by Gasteiger charge is 2.31. The molecule has 0 N–H and O–H groups in total. The maximum absolute atomic E-state index is 8.89. The minimum absolute atomic E-state index is 0.658. The van der Waals surface area contributed by atoms with Crippen LogP contribution in [0.15, 0.2) is 24.3 Å². The van der Waals surface area contributed by atoms with Crippen LogP contribution in [0.1, 0.15) is 17.5 Å². The van der Waals surface area contributed by atoms with Gasteiger partial charge in [-0.15, -0.1) is 11.6 Å². The van der Waals surface area contributed by atoms with E-state index in [1.165, 1.54) is 11.1 Å². The van der Waals surface area contributed by atoms with Crippen LogP contribution < -0.4 is 0 Å². The molecule has 1 aliphatic carbocycles. The predicted molar refractivity (Wildman–Crippen MR) is 52.7 cm³/mol. The van der Waals surface area contributed by atoms with Crippen LogP contribution in [0.2, 0.25) is 0 Å². The molecule has 0 heterocycles. The average Bonchev–Trinajstić information content (AvgIpc) is 2.18. The first kappa shape index (κ1) is 8.59. The molecule has 1 atom stereocenters. The Morgan fingerprint density at radius 1 is 1.31 bits per heavy atom. The van der Waals surface area contributed by atoms with E-state index in [9.17, 15) is 0 Å². The van der Waals surface area contributed by atoms with Crippen LogP contribution in [0.25, 0.3) is 0 Å². The first-order chi connectivity index (χ1) is 6.23. The fraction of sp³-hybridized carbons (Fsp3) is 0.364. The van der Waals surface area contributed by atoms with Gasteiger partial charge in [0.1, 0.15) is 4.87 Å². The summed E-state index contributed by atoms with van der Waals surface area (Å²) in [7, 11) is 0. The molecule has 0 radical (unpaired) electrons. The van der Waals surface area contributed by atoms with E-state index in [0.717, 1.165) is 12.8 Å². The van der Waals surface area contributed by atoms with Crippen LogP contribution in [-0.2, 0) is 12.8 Å². The summed E-state index contributed by atoms with van der Waals surface area (Å²) in [6, 6.07) is 10.4. The van der Waals surface area contributed by atoms with Crippen molar-refractivity contribution < 1.29 is 0 Å². The van der Waals surface area contributed by atoms with E-state index < -0.39 is 4.87 Å². The lowest BCUT2D eigenvalue weighted by Gasteiger charge is -2.26. The number of benzene rings is 1. The molecule has 0 spiro atoms. The summed E-state index contributed by atoms with van der Waals surface area (Å²) in [5.74, 6) is 0. The predicted octanol–water partition coefficient (Wildman–Crippen LogP) is 2.68. The third-order valence-electron chi connectivity index (χ3n) is 2.58. The molecule has 1 aromatic rings. The molecule has 0 aromatic heterocycles. The van der Waals surface area contributed by atoms with Gasteiger partial charge in [0.25, 0.3) is 0 Å². The van der Waals surface area contributed by atoms with E-state index in [2.05, 4.69) is 18.2 Å². The quantitative estimate of drug-likeness (QED) is 0.579. The molecular weight excluding hydrogens is 182 g/mol. The third-order valence-corrected chi connectivity index (χ3v) is 2.99. The van der Waals surface area contributed by atoms with Gasteiger partial charge in [0.05, 0.1) is 6.07 Å². The number of nitriles is 1. The minimum atomic E-state index is -0.658. The largest absolute Gasteiger partial charge is 0.196 e. The zero-order valence-electron chi connectivity index (χ0n) is 7.26.